The predicted octanol–water partition coefficient (Wildman–Crippen LogP) is 3.11. The first-order valence-electron chi connectivity index (χ1n) is 6.59. The molecule has 0 aliphatic heterocycles. The van der Waals surface area contributed by atoms with E-state index in [-0.39, 0.29) is 6.42 Å². The summed E-state index contributed by atoms with van der Waals surface area (Å²) in [6.45, 7) is 1.93. The maximum atomic E-state index is 11.9. The number of urea groups is 1. The Morgan fingerprint density at radius 3 is 2.67 bits per heavy atom. The number of carboxylic acid groups (broad SMARTS) is 1. The first kappa shape index (κ1) is 17.1. The van der Waals surface area contributed by atoms with Crippen molar-refractivity contribution in [2.24, 2.45) is 0 Å². The van der Waals surface area contributed by atoms with Crippen LogP contribution in [0.4, 0.5) is 10.5 Å². The van der Waals surface area contributed by atoms with Gasteiger partial charge in [-0.25, -0.2) is 4.79 Å². The van der Waals surface area contributed by atoms with Gasteiger partial charge in [0.15, 0.2) is 0 Å². The van der Waals surface area contributed by atoms with Gasteiger partial charge in [0.05, 0.1) is 18.6 Å². The van der Waals surface area contributed by atoms with E-state index in [1.54, 1.807) is 18.2 Å². The number of halogens is 1. The Kier molecular flexibility index (Phi) is 6.81. The molecule has 0 aliphatic carbocycles. The third kappa shape index (κ3) is 5.91. The lowest BCUT2D eigenvalue weighted by atomic mass is 10.1. The van der Waals surface area contributed by atoms with Gasteiger partial charge in [-0.1, -0.05) is 24.9 Å². The van der Waals surface area contributed by atoms with E-state index in [9.17, 15) is 9.59 Å². The summed E-state index contributed by atoms with van der Waals surface area (Å²) in [5.41, 5.74) is 0.504. The number of nitrogens with one attached hydrogen (secondary N) is 2. The Bertz CT molecular complexity index is 508. The van der Waals surface area contributed by atoms with E-state index in [2.05, 4.69) is 10.6 Å². The first-order chi connectivity index (χ1) is 9.96. The van der Waals surface area contributed by atoms with Gasteiger partial charge in [-0.2, -0.15) is 0 Å². The van der Waals surface area contributed by atoms with Crippen LogP contribution < -0.4 is 15.4 Å². The van der Waals surface area contributed by atoms with Gasteiger partial charge in [0.2, 0.25) is 0 Å². The Hall–Kier alpha value is -1.95. The van der Waals surface area contributed by atoms with Crippen molar-refractivity contribution in [2.75, 3.05) is 12.4 Å². The highest BCUT2D eigenvalue weighted by molar-refractivity contribution is 6.32. The van der Waals surface area contributed by atoms with Crippen molar-refractivity contribution in [1.29, 1.82) is 0 Å². The van der Waals surface area contributed by atoms with Gasteiger partial charge < -0.3 is 20.5 Å². The minimum atomic E-state index is -0.943. The minimum absolute atomic E-state index is 0.107. The second-order valence-electron chi connectivity index (χ2n) is 4.53. The lowest BCUT2D eigenvalue weighted by Crippen LogP contribution is -2.39. The summed E-state index contributed by atoms with van der Waals surface area (Å²) in [5.74, 6) is -0.432. The zero-order valence-corrected chi connectivity index (χ0v) is 12.7. The van der Waals surface area contributed by atoms with E-state index < -0.39 is 18.0 Å². The van der Waals surface area contributed by atoms with Crippen LogP contribution in [0.15, 0.2) is 18.2 Å². The van der Waals surface area contributed by atoms with Gasteiger partial charge in [0, 0.05) is 11.7 Å². The van der Waals surface area contributed by atoms with Gasteiger partial charge in [0.25, 0.3) is 0 Å². The van der Waals surface area contributed by atoms with Crippen LogP contribution in [0.5, 0.6) is 5.75 Å². The largest absolute Gasteiger partial charge is 0.495 e. The van der Waals surface area contributed by atoms with Gasteiger partial charge >= 0.3 is 12.0 Å². The summed E-state index contributed by atoms with van der Waals surface area (Å²) in [4.78, 5) is 22.6. The molecule has 0 aromatic heterocycles. The molecule has 21 heavy (non-hydrogen) atoms. The smallest absolute Gasteiger partial charge is 0.319 e. The fraction of sp³-hybridized carbons (Fsp3) is 0.429. The number of rotatable bonds is 7. The average Bonchev–Trinajstić information content (AvgIpc) is 2.38. The maximum absolute atomic E-state index is 11.9. The minimum Gasteiger partial charge on any atom is -0.495 e. The molecule has 1 aromatic rings. The van der Waals surface area contributed by atoms with Crippen LogP contribution in [0.1, 0.15) is 26.2 Å². The normalized spacial score (nSPS) is 11.6. The highest BCUT2D eigenvalue weighted by Gasteiger charge is 2.15. The van der Waals surface area contributed by atoms with Crippen molar-refractivity contribution in [3.05, 3.63) is 23.2 Å². The molecule has 3 N–H and O–H groups in total. The van der Waals surface area contributed by atoms with Crippen molar-refractivity contribution in [1.82, 2.24) is 5.32 Å². The van der Waals surface area contributed by atoms with Crippen LogP contribution >= 0.6 is 11.6 Å². The fourth-order valence-electron chi connectivity index (χ4n) is 1.88. The van der Waals surface area contributed by atoms with Gasteiger partial charge in [-0.15, -0.1) is 0 Å². The van der Waals surface area contributed by atoms with E-state index in [1.807, 2.05) is 6.92 Å². The summed E-state index contributed by atoms with van der Waals surface area (Å²) < 4.78 is 5.02. The molecule has 0 saturated heterocycles. The molecule has 0 saturated carbocycles. The molecule has 0 heterocycles. The molecule has 0 aliphatic rings. The zero-order valence-electron chi connectivity index (χ0n) is 12.0. The molecule has 1 aromatic carbocycles. The average molecular weight is 315 g/mol. The van der Waals surface area contributed by atoms with Crippen LogP contribution in [0.2, 0.25) is 5.02 Å². The molecule has 1 atom stereocenters. The van der Waals surface area contributed by atoms with Crippen molar-refractivity contribution in [2.45, 2.75) is 32.2 Å². The SMILES string of the molecule is CCCC(CC(=O)O)NC(=O)Nc1ccc(OC)c(Cl)c1. The van der Waals surface area contributed by atoms with E-state index in [0.29, 0.717) is 22.9 Å². The molecule has 1 unspecified atom stereocenters. The zero-order chi connectivity index (χ0) is 15.8. The number of carbonyl (C=O) groups excluding carboxylic acids is 1. The topological polar surface area (TPSA) is 87.7 Å². The molecule has 0 spiro atoms. The number of carboxylic acids is 1. The summed E-state index contributed by atoms with van der Waals surface area (Å²) in [7, 11) is 1.50. The quantitative estimate of drug-likeness (QED) is 0.721. The fourth-order valence-corrected chi connectivity index (χ4v) is 2.14. The number of hydrogen-bond donors (Lipinski definition) is 3. The van der Waals surface area contributed by atoms with Gasteiger partial charge in [0.1, 0.15) is 5.75 Å². The Morgan fingerprint density at radius 1 is 1.43 bits per heavy atom. The summed E-state index contributed by atoms with van der Waals surface area (Å²) in [5, 5.41) is 14.4. The predicted molar refractivity (Wildman–Crippen MR) is 81.1 cm³/mol. The number of hydrogen-bond acceptors (Lipinski definition) is 3. The lowest BCUT2D eigenvalue weighted by Gasteiger charge is -2.17. The number of benzene rings is 1. The van der Waals surface area contributed by atoms with Crippen molar-refractivity contribution in [3.63, 3.8) is 0 Å². The molecule has 0 bridgehead atoms. The summed E-state index contributed by atoms with van der Waals surface area (Å²) in [6, 6.07) is 3.98. The molecule has 0 radical (unpaired) electrons. The van der Waals surface area contributed by atoms with Crippen molar-refractivity contribution < 1.29 is 19.4 Å². The number of methoxy groups -OCH3 is 1. The highest BCUT2D eigenvalue weighted by atomic mass is 35.5. The van der Waals surface area contributed by atoms with E-state index in [1.165, 1.54) is 7.11 Å². The van der Waals surface area contributed by atoms with Crippen LogP contribution in [-0.2, 0) is 4.79 Å². The molecule has 2 amide bonds. The second-order valence-corrected chi connectivity index (χ2v) is 4.94. The van der Waals surface area contributed by atoms with E-state index in [4.69, 9.17) is 21.4 Å². The first-order valence-corrected chi connectivity index (χ1v) is 6.97. The Balaban J connectivity index is 2.62. The van der Waals surface area contributed by atoms with Crippen LogP contribution in [-0.4, -0.2) is 30.3 Å². The van der Waals surface area contributed by atoms with Crippen LogP contribution in [0.3, 0.4) is 0 Å². The lowest BCUT2D eigenvalue weighted by molar-refractivity contribution is -0.137. The van der Waals surface area contributed by atoms with Gasteiger partial charge in [-0.3, -0.25) is 4.79 Å². The third-order valence-corrected chi connectivity index (χ3v) is 3.10. The number of carbonyl (C=O) groups is 2. The molecular formula is C14H19ClN2O4. The van der Waals surface area contributed by atoms with E-state index >= 15 is 0 Å². The Labute approximate surface area is 128 Å². The van der Waals surface area contributed by atoms with E-state index in [0.717, 1.165) is 6.42 Å². The molecular weight excluding hydrogens is 296 g/mol. The third-order valence-electron chi connectivity index (χ3n) is 2.80. The number of anilines is 1. The number of amides is 2. The second kappa shape index (κ2) is 8.36. The molecule has 1 rings (SSSR count). The van der Waals surface area contributed by atoms with Crippen LogP contribution in [0.25, 0.3) is 0 Å². The van der Waals surface area contributed by atoms with Crippen LogP contribution in [0, 0.1) is 0 Å². The number of ether oxygens (including phenoxy) is 1. The van der Waals surface area contributed by atoms with Crippen molar-refractivity contribution in [3.8, 4) is 5.75 Å². The monoisotopic (exact) mass is 314 g/mol. The summed E-state index contributed by atoms with van der Waals surface area (Å²) in [6.07, 6.45) is 1.28. The highest BCUT2D eigenvalue weighted by Crippen LogP contribution is 2.27. The molecule has 6 nitrogen and oxygen atoms in total. The van der Waals surface area contributed by atoms with Gasteiger partial charge in [-0.05, 0) is 24.6 Å². The molecule has 7 heteroatoms. The number of aliphatic carboxylic acids is 1. The standard InChI is InChI=1S/C14H19ClN2O4/c1-3-4-9(8-13(18)19)16-14(20)17-10-5-6-12(21-2)11(15)7-10/h5-7,9H,3-4,8H2,1-2H3,(H,18,19)(H2,16,17,20). The Morgan fingerprint density at radius 2 is 2.14 bits per heavy atom. The van der Waals surface area contributed by atoms with Crippen molar-refractivity contribution >= 4 is 29.3 Å². The maximum Gasteiger partial charge on any atom is 0.319 e. The molecule has 116 valence electrons. The molecule has 0 fully saturated rings. The summed E-state index contributed by atoms with van der Waals surface area (Å²) >= 11 is 5.96.